The zero-order valence-electron chi connectivity index (χ0n) is 7.03. The van der Waals surface area contributed by atoms with Crippen LogP contribution in [0.3, 0.4) is 0 Å². The van der Waals surface area contributed by atoms with Crippen molar-refractivity contribution in [2.24, 2.45) is 0 Å². The van der Waals surface area contributed by atoms with Gasteiger partial charge in [0.1, 0.15) is 6.33 Å². The molecule has 1 aliphatic heterocycles. The van der Waals surface area contributed by atoms with Crippen LogP contribution in [0.5, 0.6) is 0 Å². The summed E-state index contributed by atoms with van der Waals surface area (Å²) in [5, 5.41) is 9.18. The summed E-state index contributed by atoms with van der Waals surface area (Å²) in [7, 11) is -3.06. The van der Waals surface area contributed by atoms with Crippen molar-refractivity contribution in [1.82, 2.24) is 9.36 Å². The van der Waals surface area contributed by atoms with Crippen LogP contribution in [0.2, 0.25) is 0 Å². The molecule has 0 amide bonds. The van der Waals surface area contributed by atoms with E-state index >= 15 is 0 Å². The third kappa shape index (κ3) is 2.25. The molecule has 78 valence electrons. The van der Waals surface area contributed by atoms with Gasteiger partial charge in [0.15, 0.2) is 14.2 Å². The van der Waals surface area contributed by atoms with Crippen molar-refractivity contribution < 1.29 is 13.5 Å². The molecular formula is C6H8N2O3S3. The van der Waals surface area contributed by atoms with Gasteiger partial charge in [-0.1, -0.05) is 11.8 Å². The van der Waals surface area contributed by atoms with E-state index in [0.29, 0.717) is 4.34 Å². The Labute approximate surface area is 89.6 Å². The standard InChI is InChI=1S/C6H8N2O3S3/c9-4-1-14(10,11)2-5(4)12-6-7-3-8-13-6/h3-5,9H,1-2H2. The third-order valence-corrected chi connectivity index (χ3v) is 5.86. The van der Waals surface area contributed by atoms with Gasteiger partial charge in [-0.05, 0) is 11.5 Å². The van der Waals surface area contributed by atoms with Crippen LogP contribution in [0.4, 0.5) is 0 Å². The monoisotopic (exact) mass is 252 g/mol. The number of sulfone groups is 1. The first kappa shape index (κ1) is 10.3. The maximum Gasteiger partial charge on any atom is 0.170 e. The van der Waals surface area contributed by atoms with Gasteiger partial charge in [0.25, 0.3) is 0 Å². The van der Waals surface area contributed by atoms with Crippen molar-refractivity contribution in [2.45, 2.75) is 15.7 Å². The van der Waals surface area contributed by atoms with Gasteiger partial charge in [0.2, 0.25) is 0 Å². The average Bonchev–Trinajstić information content (AvgIpc) is 2.61. The third-order valence-electron chi connectivity index (χ3n) is 1.87. The minimum Gasteiger partial charge on any atom is -0.391 e. The molecule has 1 aliphatic rings. The van der Waals surface area contributed by atoms with Crippen LogP contribution in [-0.4, -0.2) is 45.7 Å². The molecule has 2 unspecified atom stereocenters. The Balaban J connectivity index is 2.07. The Hall–Kier alpha value is -0.180. The maximum atomic E-state index is 11.2. The fraction of sp³-hybridized carbons (Fsp3) is 0.667. The highest BCUT2D eigenvalue weighted by Gasteiger charge is 2.37. The Kier molecular flexibility index (Phi) is 2.78. The van der Waals surface area contributed by atoms with Crippen LogP contribution < -0.4 is 0 Å². The van der Waals surface area contributed by atoms with Crippen molar-refractivity contribution in [1.29, 1.82) is 0 Å². The van der Waals surface area contributed by atoms with Crippen LogP contribution in [0, 0.1) is 0 Å². The van der Waals surface area contributed by atoms with E-state index in [1.54, 1.807) is 0 Å². The lowest BCUT2D eigenvalue weighted by Gasteiger charge is -2.08. The molecule has 1 aromatic heterocycles. The van der Waals surface area contributed by atoms with E-state index in [1.807, 2.05) is 0 Å². The zero-order chi connectivity index (χ0) is 10.2. The number of aliphatic hydroxyl groups excluding tert-OH is 1. The van der Waals surface area contributed by atoms with Gasteiger partial charge in [-0.25, -0.2) is 13.4 Å². The van der Waals surface area contributed by atoms with Crippen molar-refractivity contribution in [3.05, 3.63) is 6.33 Å². The van der Waals surface area contributed by atoms with Crippen LogP contribution in [-0.2, 0) is 9.84 Å². The van der Waals surface area contributed by atoms with Crippen molar-refractivity contribution in [3.8, 4) is 0 Å². The lowest BCUT2D eigenvalue weighted by atomic mass is 10.3. The summed E-state index contributed by atoms with van der Waals surface area (Å²) in [6.07, 6.45) is 0.636. The molecule has 1 N–H and O–H groups in total. The number of hydrogen-bond donors (Lipinski definition) is 1. The second-order valence-corrected chi connectivity index (χ2v) is 7.43. The number of aromatic nitrogens is 2. The normalized spacial score (nSPS) is 30.6. The fourth-order valence-corrected chi connectivity index (χ4v) is 5.45. The molecule has 0 spiro atoms. The minimum absolute atomic E-state index is 0.0262. The summed E-state index contributed by atoms with van der Waals surface area (Å²) in [5.74, 6) is -0.109. The van der Waals surface area contributed by atoms with E-state index in [2.05, 4.69) is 9.36 Å². The van der Waals surface area contributed by atoms with Crippen molar-refractivity contribution in [2.75, 3.05) is 11.5 Å². The van der Waals surface area contributed by atoms with Gasteiger partial charge in [0.05, 0.1) is 22.9 Å². The predicted octanol–water partition coefficient (Wildman–Crippen LogP) is -0.212. The van der Waals surface area contributed by atoms with Gasteiger partial charge in [-0.2, -0.15) is 4.37 Å². The van der Waals surface area contributed by atoms with Gasteiger partial charge < -0.3 is 5.11 Å². The number of hydrogen-bond acceptors (Lipinski definition) is 7. The van der Waals surface area contributed by atoms with Gasteiger partial charge in [-0.15, -0.1) is 0 Å². The molecule has 0 bridgehead atoms. The summed E-state index contributed by atoms with van der Waals surface area (Å²) in [4.78, 5) is 3.93. The molecule has 2 heterocycles. The number of thioether (sulfide) groups is 1. The Morgan fingerprint density at radius 1 is 1.57 bits per heavy atom. The Morgan fingerprint density at radius 3 is 2.86 bits per heavy atom. The first-order valence-corrected chi connectivity index (χ1v) is 7.36. The SMILES string of the molecule is O=S1(=O)CC(O)C(Sc2ncns2)C1. The Bertz CT molecular complexity index is 402. The molecule has 0 aromatic carbocycles. The lowest BCUT2D eigenvalue weighted by Crippen LogP contribution is -2.19. The van der Waals surface area contributed by atoms with E-state index in [9.17, 15) is 13.5 Å². The van der Waals surface area contributed by atoms with Crippen molar-refractivity contribution >= 4 is 33.1 Å². The second-order valence-electron chi connectivity index (χ2n) is 3.01. The molecule has 1 fully saturated rings. The smallest absolute Gasteiger partial charge is 0.170 e. The molecule has 0 aliphatic carbocycles. The van der Waals surface area contributed by atoms with Crippen LogP contribution in [0.1, 0.15) is 0 Å². The first-order valence-electron chi connectivity index (χ1n) is 3.89. The maximum absolute atomic E-state index is 11.2. The van der Waals surface area contributed by atoms with E-state index in [1.165, 1.54) is 29.6 Å². The highest BCUT2D eigenvalue weighted by atomic mass is 32.2. The largest absolute Gasteiger partial charge is 0.391 e. The Morgan fingerprint density at radius 2 is 2.36 bits per heavy atom. The van der Waals surface area contributed by atoms with Crippen LogP contribution in [0.25, 0.3) is 0 Å². The number of nitrogens with zero attached hydrogens (tertiary/aromatic N) is 2. The van der Waals surface area contributed by atoms with Crippen molar-refractivity contribution in [3.63, 3.8) is 0 Å². The van der Waals surface area contributed by atoms with Crippen LogP contribution >= 0.6 is 23.3 Å². The minimum atomic E-state index is -3.06. The summed E-state index contributed by atoms with van der Waals surface area (Å²) in [5.41, 5.74) is 0. The summed E-state index contributed by atoms with van der Waals surface area (Å²) in [6, 6.07) is 0. The molecule has 1 aromatic rings. The first-order chi connectivity index (χ1) is 6.57. The van der Waals surface area contributed by atoms with E-state index in [4.69, 9.17) is 0 Å². The van der Waals surface area contributed by atoms with Gasteiger partial charge >= 0.3 is 0 Å². The van der Waals surface area contributed by atoms with Crippen LogP contribution in [0.15, 0.2) is 10.7 Å². The average molecular weight is 252 g/mol. The highest BCUT2D eigenvalue weighted by Crippen LogP contribution is 2.31. The number of aliphatic hydroxyl groups is 1. The quantitative estimate of drug-likeness (QED) is 0.784. The molecule has 5 nitrogen and oxygen atoms in total. The molecule has 0 saturated carbocycles. The summed E-state index contributed by atoms with van der Waals surface area (Å²) in [6.45, 7) is 0. The molecule has 14 heavy (non-hydrogen) atoms. The molecule has 0 radical (unpaired) electrons. The zero-order valence-corrected chi connectivity index (χ0v) is 9.48. The predicted molar refractivity (Wildman–Crippen MR) is 54.2 cm³/mol. The molecule has 2 rings (SSSR count). The molecule has 2 atom stereocenters. The summed E-state index contributed by atoms with van der Waals surface area (Å²) >= 11 is 2.49. The second kappa shape index (κ2) is 3.76. The number of rotatable bonds is 2. The van der Waals surface area contributed by atoms with Gasteiger partial charge in [0, 0.05) is 0 Å². The molecule has 8 heteroatoms. The van der Waals surface area contributed by atoms with E-state index in [-0.39, 0.29) is 16.8 Å². The highest BCUT2D eigenvalue weighted by molar-refractivity contribution is 8.03. The summed E-state index contributed by atoms with van der Waals surface area (Å²) < 4.78 is 26.9. The topological polar surface area (TPSA) is 80.2 Å². The van der Waals surface area contributed by atoms with E-state index < -0.39 is 15.9 Å². The fourth-order valence-electron chi connectivity index (χ4n) is 1.25. The molecular weight excluding hydrogens is 244 g/mol. The van der Waals surface area contributed by atoms with E-state index in [0.717, 1.165) is 0 Å². The lowest BCUT2D eigenvalue weighted by molar-refractivity contribution is 0.207. The van der Waals surface area contributed by atoms with Gasteiger partial charge in [-0.3, -0.25) is 0 Å². The molecule has 1 saturated heterocycles.